The molecule has 11 heteroatoms. The summed E-state index contributed by atoms with van der Waals surface area (Å²) in [6.07, 6.45) is 0.858. The molecule has 0 saturated carbocycles. The quantitative estimate of drug-likeness (QED) is 0.190. The molecule has 33 heavy (non-hydrogen) atoms. The van der Waals surface area contributed by atoms with E-state index in [1.807, 2.05) is 41.5 Å². The lowest BCUT2D eigenvalue weighted by atomic mass is 10.0. The van der Waals surface area contributed by atoms with Gasteiger partial charge in [-0.05, 0) is 37.0 Å². The fraction of sp³-hybridized carbons (Fsp3) is 0.773. The van der Waals surface area contributed by atoms with E-state index in [1.54, 1.807) is 0 Å². The maximum absolute atomic E-state index is 12.7. The van der Waals surface area contributed by atoms with E-state index in [0.717, 1.165) is 0 Å². The highest BCUT2D eigenvalue weighted by Gasteiger charge is 2.25. The third kappa shape index (κ3) is 14.1. The summed E-state index contributed by atoms with van der Waals surface area (Å²) in [6.45, 7) is 10.0. The summed E-state index contributed by atoms with van der Waals surface area (Å²) in [4.78, 5) is 60.6. The molecule has 0 fully saturated rings. The van der Waals surface area contributed by atoms with Crippen molar-refractivity contribution in [2.75, 3.05) is 13.1 Å². The predicted octanol–water partition coefficient (Wildman–Crippen LogP) is -0.261. The van der Waals surface area contributed by atoms with E-state index in [4.69, 9.17) is 7.15 Å². The molecule has 0 aliphatic rings. The van der Waals surface area contributed by atoms with Gasteiger partial charge in [-0.3, -0.25) is 19.2 Å². The van der Waals surface area contributed by atoms with Crippen molar-refractivity contribution >= 4 is 29.6 Å². The van der Waals surface area contributed by atoms with Crippen molar-refractivity contribution in [3.8, 4) is 0 Å². The van der Waals surface area contributed by atoms with Crippen molar-refractivity contribution in [1.82, 2.24) is 21.3 Å². The molecule has 3 atom stereocenters. The Morgan fingerprint density at radius 1 is 0.758 bits per heavy atom. The average Bonchev–Trinajstić information content (AvgIpc) is 2.68. The van der Waals surface area contributed by atoms with Gasteiger partial charge in [0.05, 0.1) is 19.1 Å². The number of carboxylic acids is 1. The van der Waals surface area contributed by atoms with Crippen LogP contribution in [-0.2, 0) is 24.0 Å². The number of hydrogen-bond acceptors (Lipinski definition) is 6. The Kier molecular flexibility index (Phi) is 13.1. The van der Waals surface area contributed by atoms with E-state index in [2.05, 4.69) is 16.0 Å². The van der Waals surface area contributed by atoms with Gasteiger partial charge in [0.2, 0.25) is 23.6 Å². The maximum Gasteiger partial charge on any atom is 0.326 e. The first-order valence-electron chi connectivity index (χ1n) is 11.7. The van der Waals surface area contributed by atoms with E-state index < -0.39 is 54.3 Å². The van der Waals surface area contributed by atoms with Crippen LogP contribution in [0.1, 0.15) is 60.8 Å². The van der Waals surface area contributed by atoms with Gasteiger partial charge in [0, 0.05) is 0 Å². The molecule has 0 radical (unpaired) electrons. The van der Waals surface area contributed by atoms with Gasteiger partial charge in [0.1, 0.15) is 12.1 Å². The number of carbonyl (C=O) groups excluding carboxylic acids is 4. The van der Waals surface area contributed by atoms with Gasteiger partial charge in [-0.1, -0.05) is 41.5 Å². The Morgan fingerprint density at radius 3 is 1.70 bits per heavy atom. The molecule has 190 valence electrons. The number of aliphatic carboxylic acids is 1. The molecule has 0 aromatic heterocycles. The first-order chi connectivity index (χ1) is 15.6. The Balaban J connectivity index is 5.00. The summed E-state index contributed by atoms with van der Waals surface area (Å²) in [5, 5.41) is 16.9. The summed E-state index contributed by atoms with van der Waals surface area (Å²) in [5.41, 5.74) is 5.78. The Labute approximate surface area is 197 Å². The van der Waals surface area contributed by atoms with Crippen LogP contribution in [0, 0.1) is 17.8 Å². The number of carboxylic acid groups (broad SMARTS) is 1. The smallest absolute Gasteiger partial charge is 0.326 e. The van der Waals surface area contributed by atoms with Crippen molar-refractivity contribution in [2.24, 2.45) is 23.5 Å². The summed E-state index contributed by atoms with van der Waals surface area (Å²) in [7, 11) is 0. The average molecular weight is 473 g/mol. The third-order valence-electron chi connectivity index (χ3n) is 4.54. The third-order valence-corrected chi connectivity index (χ3v) is 4.54. The highest BCUT2D eigenvalue weighted by atomic mass is 16.4. The van der Waals surface area contributed by atoms with Crippen LogP contribution in [-0.4, -0.2) is 65.9 Å². The van der Waals surface area contributed by atoms with Crippen LogP contribution in [0.25, 0.3) is 0 Å². The molecule has 7 N–H and O–H groups in total. The van der Waals surface area contributed by atoms with Crippen molar-refractivity contribution < 1.29 is 30.5 Å². The zero-order valence-corrected chi connectivity index (χ0v) is 20.5. The van der Waals surface area contributed by atoms with Crippen LogP contribution in [0.15, 0.2) is 0 Å². The monoisotopic (exact) mass is 472 g/mol. The summed E-state index contributed by atoms with van der Waals surface area (Å²) in [6, 6.07) is -2.98. The van der Waals surface area contributed by atoms with Crippen LogP contribution >= 0.6 is 0 Å². The molecule has 11 nitrogen and oxygen atoms in total. The van der Waals surface area contributed by atoms with Gasteiger partial charge < -0.3 is 32.1 Å². The minimum absolute atomic E-state index is 0.0150. The van der Waals surface area contributed by atoms with Gasteiger partial charge in [0.15, 0.2) is 1.41 Å². The lowest BCUT2D eigenvalue weighted by Crippen LogP contribution is -2.53. The first-order valence-corrected chi connectivity index (χ1v) is 11.3. The van der Waals surface area contributed by atoms with Crippen molar-refractivity contribution in [1.29, 1.82) is 0 Å². The number of rotatable bonds is 15. The van der Waals surface area contributed by atoms with E-state index in [-0.39, 0.29) is 37.1 Å². The van der Waals surface area contributed by atoms with Crippen LogP contribution in [0.3, 0.4) is 0 Å². The second-order valence-electron chi connectivity index (χ2n) is 9.45. The molecule has 0 aliphatic carbocycles. The van der Waals surface area contributed by atoms with Crippen LogP contribution < -0.4 is 27.0 Å². The van der Waals surface area contributed by atoms with Crippen molar-refractivity contribution in [3.05, 3.63) is 0 Å². The van der Waals surface area contributed by atoms with Crippen LogP contribution in [0.5, 0.6) is 0 Å². The van der Waals surface area contributed by atoms with Gasteiger partial charge in [-0.15, -0.1) is 0 Å². The molecule has 0 unspecified atom stereocenters. The van der Waals surface area contributed by atoms with Crippen molar-refractivity contribution in [3.63, 3.8) is 0 Å². The second-order valence-corrected chi connectivity index (χ2v) is 9.45. The molecule has 0 aliphatic heterocycles. The fourth-order valence-corrected chi connectivity index (χ4v) is 3.04. The molecule has 0 rings (SSSR count). The number of nitrogens with two attached hydrogens (primary N) is 1. The highest BCUT2D eigenvalue weighted by Crippen LogP contribution is 2.06. The minimum atomic E-state index is -1.20. The van der Waals surface area contributed by atoms with E-state index in [0.29, 0.717) is 11.7 Å². The number of hydrogen-bond donors (Lipinski definition) is 6. The molecule has 4 amide bonds. The molecule has 0 saturated heterocycles. The van der Waals surface area contributed by atoms with Crippen LogP contribution in [0.2, 0.25) is 1.41 Å². The highest BCUT2D eigenvalue weighted by molar-refractivity contribution is 5.93. The summed E-state index contributed by atoms with van der Waals surface area (Å²) >= 11 is 0. The Hall–Kier alpha value is -2.69. The standard InChI is InChI=1S/C22H41N5O6/c1-12(2)7-15(23)20(30)24-10-18(28)26-16(8-13(3)4)21(31)25-11-19(29)27-17(22(32)33)9-14(5)6/h12-17H,7-11,23H2,1-6H3,(H,24,30)(H,25,31)(H,26,28)(H,27,29)(H,32,33)/t15-,16+,17+/m1/s1/i/hD. The van der Waals surface area contributed by atoms with Gasteiger partial charge in [-0.2, -0.15) is 0 Å². The van der Waals surface area contributed by atoms with E-state index >= 15 is 0 Å². The van der Waals surface area contributed by atoms with Gasteiger partial charge in [0.25, 0.3) is 0 Å². The van der Waals surface area contributed by atoms with Gasteiger partial charge in [-0.25, -0.2) is 4.79 Å². The minimum Gasteiger partial charge on any atom is -0.480 e. The zero-order chi connectivity index (χ0) is 26.6. The maximum atomic E-state index is 12.7. The van der Waals surface area contributed by atoms with Crippen LogP contribution in [0.4, 0.5) is 0 Å². The molecule has 0 spiro atoms. The lowest BCUT2D eigenvalue weighted by molar-refractivity contribution is -0.142. The number of carbonyl (C=O) groups is 5. The topological polar surface area (TPSA) is 180 Å². The Morgan fingerprint density at radius 2 is 1.21 bits per heavy atom. The van der Waals surface area contributed by atoms with E-state index in [9.17, 15) is 29.1 Å². The van der Waals surface area contributed by atoms with Crippen molar-refractivity contribution in [2.45, 2.75) is 78.9 Å². The number of amides is 4. The molecular formula is C22H41N5O6. The largest absolute Gasteiger partial charge is 0.480 e. The molecular weight excluding hydrogens is 430 g/mol. The lowest BCUT2D eigenvalue weighted by Gasteiger charge is -2.21. The second kappa shape index (κ2) is 15.2. The predicted molar refractivity (Wildman–Crippen MR) is 124 cm³/mol. The summed E-state index contributed by atoms with van der Waals surface area (Å²) < 4.78 is 7.95. The zero-order valence-electron chi connectivity index (χ0n) is 21.5. The SMILES string of the molecule is [2H]N(CC(=O)N[C@@H](CC(C)C)C(=O)O)C(=O)[C@H](CC(C)C)NC(=O)CNC(=O)[C@H](N)CC(C)C. The molecule has 0 heterocycles. The van der Waals surface area contributed by atoms with Gasteiger partial charge >= 0.3 is 5.97 Å². The van der Waals surface area contributed by atoms with E-state index in [1.165, 1.54) is 0 Å². The Bertz CT molecular complexity index is 716. The fourth-order valence-electron chi connectivity index (χ4n) is 3.04. The summed E-state index contributed by atoms with van der Waals surface area (Å²) in [5.74, 6) is -3.74. The first kappa shape index (κ1) is 28.3. The molecule has 0 aromatic carbocycles. The number of nitrogens with one attached hydrogen (secondary N) is 4. The normalized spacial score (nSPS) is 14.3. The molecule has 0 aromatic rings. The molecule has 0 bridgehead atoms.